The normalized spacial score (nSPS) is 21.7. The van der Waals surface area contributed by atoms with Crippen LogP contribution in [0.2, 0.25) is 5.02 Å². The van der Waals surface area contributed by atoms with E-state index in [1.165, 1.54) is 0 Å². The number of nitrogens with zero attached hydrogens (tertiary/aromatic N) is 1. The fraction of sp³-hybridized carbons (Fsp3) is 0.407. The van der Waals surface area contributed by atoms with Crippen LogP contribution >= 0.6 is 11.6 Å². The van der Waals surface area contributed by atoms with E-state index in [0.29, 0.717) is 29.5 Å². The third kappa shape index (κ3) is 3.78. The van der Waals surface area contributed by atoms with E-state index in [2.05, 4.69) is 34.4 Å². The first-order chi connectivity index (χ1) is 16.9. The molecule has 1 atom stereocenters. The van der Waals surface area contributed by atoms with Gasteiger partial charge in [0, 0.05) is 46.5 Å². The lowest BCUT2D eigenvalue weighted by molar-refractivity contribution is -0.152. The molecule has 2 aromatic heterocycles. The zero-order chi connectivity index (χ0) is 24.2. The number of aromatic amines is 1. The van der Waals surface area contributed by atoms with E-state index in [4.69, 9.17) is 21.1 Å². The smallest absolute Gasteiger partial charge is 0.255 e. The number of hydrogen-bond acceptors (Lipinski definition) is 5. The molecule has 35 heavy (non-hydrogen) atoms. The summed E-state index contributed by atoms with van der Waals surface area (Å²) in [4.78, 5) is 21.2. The van der Waals surface area contributed by atoms with Crippen molar-refractivity contribution in [3.05, 3.63) is 58.5 Å². The number of rotatable bonds is 7. The summed E-state index contributed by atoms with van der Waals surface area (Å²) in [6, 6.07) is 7.74. The first-order valence-corrected chi connectivity index (χ1v) is 12.6. The largest absolute Gasteiger partial charge is 0.488 e. The first-order valence-electron chi connectivity index (χ1n) is 12.2. The Balaban J connectivity index is 1.48. The summed E-state index contributed by atoms with van der Waals surface area (Å²) in [5, 5.41) is 7.39. The van der Waals surface area contributed by atoms with Gasteiger partial charge in [-0.3, -0.25) is 9.78 Å². The Bertz CT molecular complexity index is 1310. The number of ether oxygens (including phenoxy) is 2. The van der Waals surface area contributed by atoms with Crippen molar-refractivity contribution in [2.45, 2.75) is 50.5 Å². The highest BCUT2D eigenvalue weighted by Crippen LogP contribution is 2.54. The van der Waals surface area contributed by atoms with Crippen LogP contribution in [0.3, 0.4) is 0 Å². The van der Waals surface area contributed by atoms with Gasteiger partial charge < -0.3 is 25.1 Å². The van der Waals surface area contributed by atoms with Crippen molar-refractivity contribution < 1.29 is 14.3 Å². The Hall–Kier alpha value is -3.03. The predicted octanol–water partition coefficient (Wildman–Crippen LogP) is 5.37. The maximum absolute atomic E-state index is 13.2. The van der Waals surface area contributed by atoms with Gasteiger partial charge in [-0.1, -0.05) is 24.6 Å². The number of hydrogen-bond donors (Lipinski definition) is 3. The van der Waals surface area contributed by atoms with Gasteiger partial charge in [0.25, 0.3) is 5.91 Å². The predicted molar refractivity (Wildman–Crippen MR) is 136 cm³/mol. The number of anilines is 2. The minimum Gasteiger partial charge on any atom is -0.488 e. The molecule has 0 unspecified atom stereocenters. The van der Waals surface area contributed by atoms with Crippen LogP contribution in [0.25, 0.3) is 11.3 Å². The van der Waals surface area contributed by atoms with Crippen LogP contribution in [-0.4, -0.2) is 41.2 Å². The minimum atomic E-state index is -0.280. The summed E-state index contributed by atoms with van der Waals surface area (Å²) in [6.07, 6.45) is 7.30. The number of fused-ring (bicyclic) bond motifs is 2. The lowest BCUT2D eigenvalue weighted by Crippen LogP contribution is -2.45. The van der Waals surface area contributed by atoms with Crippen LogP contribution in [0.15, 0.2) is 36.7 Å². The first kappa shape index (κ1) is 22.4. The quantitative estimate of drug-likeness (QED) is 0.412. The number of carbonyl (C=O) groups is 1. The van der Waals surface area contributed by atoms with Crippen molar-refractivity contribution in [2.24, 2.45) is 0 Å². The van der Waals surface area contributed by atoms with Crippen LogP contribution < -0.4 is 15.4 Å². The van der Waals surface area contributed by atoms with E-state index in [1.807, 2.05) is 24.3 Å². The molecule has 1 amide bonds. The molecule has 1 saturated heterocycles. The molecule has 8 heteroatoms. The molecule has 1 saturated carbocycles. The Morgan fingerprint density at radius 1 is 1.26 bits per heavy atom. The highest BCUT2D eigenvalue weighted by Gasteiger charge is 2.51. The van der Waals surface area contributed by atoms with Gasteiger partial charge in [0.15, 0.2) is 0 Å². The molecule has 6 rings (SSSR count). The number of halogens is 1. The molecule has 182 valence electrons. The van der Waals surface area contributed by atoms with Crippen molar-refractivity contribution in [1.29, 1.82) is 0 Å². The second-order valence-corrected chi connectivity index (χ2v) is 10.4. The molecule has 3 aliphatic rings. The van der Waals surface area contributed by atoms with E-state index in [-0.39, 0.29) is 16.9 Å². The fourth-order valence-electron chi connectivity index (χ4n) is 5.12. The van der Waals surface area contributed by atoms with E-state index >= 15 is 0 Å². The molecule has 4 heterocycles. The van der Waals surface area contributed by atoms with Gasteiger partial charge >= 0.3 is 0 Å². The van der Waals surface area contributed by atoms with E-state index in [0.717, 1.165) is 66.2 Å². The number of nitrogens with one attached hydrogen (secondary N) is 3. The number of carbonyl (C=O) groups excluding carboxylic acids is 1. The number of amides is 1. The Morgan fingerprint density at radius 2 is 2.09 bits per heavy atom. The third-order valence-electron chi connectivity index (χ3n) is 7.60. The zero-order valence-corrected chi connectivity index (χ0v) is 20.7. The molecule has 1 aromatic carbocycles. The van der Waals surface area contributed by atoms with Gasteiger partial charge in [0.05, 0.1) is 29.7 Å². The van der Waals surface area contributed by atoms with Gasteiger partial charge in [0.1, 0.15) is 18.0 Å². The molecule has 0 bridgehead atoms. The summed E-state index contributed by atoms with van der Waals surface area (Å²) >= 11 is 6.52. The highest BCUT2D eigenvalue weighted by atomic mass is 35.5. The molecule has 2 fully saturated rings. The summed E-state index contributed by atoms with van der Waals surface area (Å²) in [7, 11) is 0. The van der Waals surface area contributed by atoms with Crippen molar-refractivity contribution in [1.82, 2.24) is 15.3 Å². The van der Waals surface area contributed by atoms with Crippen LogP contribution in [-0.2, 0) is 16.6 Å². The second kappa shape index (κ2) is 8.28. The van der Waals surface area contributed by atoms with Crippen molar-refractivity contribution in [2.75, 3.05) is 25.1 Å². The van der Waals surface area contributed by atoms with Gasteiger partial charge in [0.2, 0.25) is 0 Å². The van der Waals surface area contributed by atoms with Crippen LogP contribution in [0.5, 0.6) is 5.75 Å². The maximum atomic E-state index is 13.2. The molecule has 7 nitrogen and oxygen atoms in total. The van der Waals surface area contributed by atoms with Gasteiger partial charge in [-0.15, -0.1) is 0 Å². The Kier molecular flexibility index (Phi) is 5.31. The topological polar surface area (TPSA) is 88.3 Å². The van der Waals surface area contributed by atoms with E-state index in [9.17, 15) is 4.79 Å². The maximum Gasteiger partial charge on any atom is 0.255 e. The monoisotopic (exact) mass is 492 g/mol. The number of pyridine rings is 1. The fourth-order valence-corrected chi connectivity index (χ4v) is 5.43. The van der Waals surface area contributed by atoms with E-state index in [1.54, 1.807) is 12.4 Å². The molecular weight excluding hydrogens is 464 g/mol. The Morgan fingerprint density at radius 3 is 2.80 bits per heavy atom. The van der Waals surface area contributed by atoms with Crippen molar-refractivity contribution in [3.63, 3.8) is 0 Å². The standard InChI is InChI=1S/C27H29ClN4O3/c1-3-16-18(28)5-4-6-19(16)31-23-21-24(27(8-9-27)14-30-25(21)33)32-22(23)17-7-11-29-13-20(17)34-15-26(2)10-12-35-26/h4-7,11,13,31-32H,3,8-10,12,14-15H2,1-2H3,(H,30,33)/t26-/m1/s1. The summed E-state index contributed by atoms with van der Waals surface area (Å²) in [5.74, 6) is 0.576. The van der Waals surface area contributed by atoms with Gasteiger partial charge in [-0.2, -0.15) is 0 Å². The number of aromatic nitrogens is 2. The van der Waals surface area contributed by atoms with Gasteiger partial charge in [-0.25, -0.2) is 0 Å². The SMILES string of the molecule is CCc1c(Cl)cccc1Nc1c(-c2ccncc2OC[C@@]2(C)CCO2)[nH]c2c1C(=O)NCC21CC1. The number of benzene rings is 1. The Labute approximate surface area is 209 Å². The number of H-pyrrole nitrogens is 1. The average molecular weight is 493 g/mol. The van der Waals surface area contributed by atoms with Gasteiger partial charge in [-0.05, 0) is 49.9 Å². The molecule has 3 N–H and O–H groups in total. The zero-order valence-electron chi connectivity index (χ0n) is 20.0. The molecule has 1 aliphatic carbocycles. The van der Waals surface area contributed by atoms with Crippen LogP contribution in [0.1, 0.15) is 54.7 Å². The lowest BCUT2D eigenvalue weighted by atomic mass is 9.93. The molecule has 3 aromatic rings. The van der Waals surface area contributed by atoms with Crippen LogP contribution in [0.4, 0.5) is 11.4 Å². The summed E-state index contributed by atoms with van der Waals surface area (Å²) in [6.45, 7) is 5.98. The van der Waals surface area contributed by atoms with Crippen LogP contribution in [0, 0.1) is 0 Å². The molecular formula is C27H29ClN4O3. The second-order valence-electron chi connectivity index (χ2n) is 10.0. The molecule has 1 spiro atoms. The third-order valence-corrected chi connectivity index (χ3v) is 7.95. The molecule has 0 radical (unpaired) electrons. The average Bonchev–Trinajstić information content (AvgIpc) is 3.52. The molecule has 2 aliphatic heterocycles. The summed E-state index contributed by atoms with van der Waals surface area (Å²) in [5.41, 5.74) is 5.66. The lowest BCUT2D eigenvalue weighted by Gasteiger charge is -2.38. The van der Waals surface area contributed by atoms with E-state index < -0.39 is 0 Å². The summed E-state index contributed by atoms with van der Waals surface area (Å²) < 4.78 is 11.9. The van der Waals surface area contributed by atoms with Crippen molar-refractivity contribution in [3.8, 4) is 17.0 Å². The van der Waals surface area contributed by atoms with Crippen molar-refractivity contribution >= 4 is 28.9 Å². The highest BCUT2D eigenvalue weighted by molar-refractivity contribution is 6.31. The minimum absolute atomic E-state index is 0.0266.